The van der Waals surface area contributed by atoms with Gasteiger partial charge in [0, 0.05) is 17.1 Å². The van der Waals surface area contributed by atoms with Crippen LogP contribution in [-0.2, 0) is 11.2 Å². The van der Waals surface area contributed by atoms with Crippen molar-refractivity contribution in [3.63, 3.8) is 0 Å². The van der Waals surface area contributed by atoms with E-state index in [9.17, 15) is 4.79 Å². The molecule has 2 rings (SSSR count). The number of fused-ring (bicyclic) bond motifs is 1. The lowest BCUT2D eigenvalue weighted by atomic mass is 10.1. The summed E-state index contributed by atoms with van der Waals surface area (Å²) in [7, 11) is 0. The van der Waals surface area contributed by atoms with Gasteiger partial charge in [-0.25, -0.2) is 4.79 Å². The Labute approximate surface area is 101 Å². The number of aromatic amines is 1. The molecule has 0 spiro atoms. The van der Waals surface area contributed by atoms with Gasteiger partial charge >= 0.3 is 5.97 Å². The second-order valence-electron chi connectivity index (χ2n) is 3.90. The summed E-state index contributed by atoms with van der Waals surface area (Å²) in [4.78, 5) is 14.8. The molecule has 89 valence electrons. The Hall–Kier alpha value is -1.77. The lowest BCUT2D eigenvalue weighted by Gasteiger charge is -2.02. The minimum atomic E-state index is -0.267. The summed E-state index contributed by atoms with van der Waals surface area (Å²) in [5.41, 5.74) is 2.84. The van der Waals surface area contributed by atoms with Gasteiger partial charge in [-0.3, -0.25) is 0 Å². The highest BCUT2D eigenvalue weighted by molar-refractivity contribution is 5.95. The molecule has 1 aromatic heterocycles. The van der Waals surface area contributed by atoms with Crippen molar-refractivity contribution in [2.24, 2.45) is 0 Å². The number of hydrogen-bond acceptors (Lipinski definition) is 2. The second kappa shape index (κ2) is 5.04. The van der Waals surface area contributed by atoms with E-state index in [1.165, 1.54) is 5.56 Å². The highest BCUT2D eigenvalue weighted by Gasteiger charge is 2.09. The summed E-state index contributed by atoms with van der Waals surface area (Å²) in [6.07, 6.45) is 3.73. The summed E-state index contributed by atoms with van der Waals surface area (Å²) in [5.74, 6) is -0.267. The lowest BCUT2D eigenvalue weighted by molar-refractivity contribution is 0.0526. The normalized spacial score (nSPS) is 10.7. The molecule has 0 bridgehead atoms. The maximum absolute atomic E-state index is 11.6. The molecule has 2 aromatic rings. The molecule has 1 aromatic carbocycles. The fraction of sp³-hybridized carbons (Fsp3) is 0.286. The first-order valence-electron chi connectivity index (χ1n) is 5.82. The van der Waals surface area contributed by atoms with Crippen LogP contribution in [0, 0.1) is 6.92 Å². The number of aryl methyl sites for hydroxylation is 1. The van der Waals surface area contributed by atoms with Gasteiger partial charge in [-0.2, -0.15) is 0 Å². The predicted molar refractivity (Wildman–Crippen MR) is 67.9 cm³/mol. The standard InChI is InChI=1S/C14H16NO2/c1-3-5-11-9-15-13-7-6-10(8-12(11)13)14(16)17-4-2/h6-9,15H,1,3-5H2,2H3. The van der Waals surface area contributed by atoms with Gasteiger partial charge in [0.05, 0.1) is 12.2 Å². The number of ether oxygens (including phenoxy) is 1. The van der Waals surface area contributed by atoms with E-state index in [2.05, 4.69) is 11.9 Å². The smallest absolute Gasteiger partial charge is 0.338 e. The Kier molecular flexibility index (Phi) is 3.47. The van der Waals surface area contributed by atoms with Gasteiger partial charge in [-0.05, 0) is 43.5 Å². The SMILES string of the molecule is [CH2]CCc1c[nH]c2ccc(C(=O)OCC)cc12. The maximum atomic E-state index is 11.6. The van der Waals surface area contributed by atoms with Gasteiger partial charge in [0.2, 0.25) is 0 Å². The molecule has 1 radical (unpaired) electrons. The van der Waals surface area contributed by atoms with Crippen LogP contribution in [0.5, 0.6) is 0 Å². The van der Waals surface area contributed by atoms with E-state index in [1.54, 1.807) is 13.0 Å². The van der Waals surface area contributed by atoms with E-state index in [1.807, 2.05) is 18.3 Å². The van der Waals surface area contributed by atoms with E-state index in [-0.39, 0.29) is 5.97 Å². The molecule has 0 atom stereocenters. The topological polar surface area (TPSA) is 42.1 Å². The lowest BCUT2D eigenvalue weighted by Crippen LogP contribution is -2.04. The molecule has 0 aliphatic heterocycles. The maximum Gasteiger partial charge on any atom is 0.338 e. The average Bonchev–Trinajstić information content (AvgIpc) is 2.73. The van der Waals surface area contributed by atoms with E-state index < -0.39 is 0 Å². The van der Waals surface area contributed by atoms with Crippen LogP contribution in [0.3, 0.4) is 0 Å². The monoisotopic (exact) mass is 230 g/mol. The number of benzene rings is 1. The Balaban J connectivity index is 2.40. The van der Waals surface area contributed by atoms with E-state index in [0.29, 0.717) is 12.2 Å². The Morgan fingerprint density at radius 1 is 1.47 bits per heavy atom. The van der Waals surface area contributed by atoms with Crippen LogP contribution in [0.25, 0.3) is 10.9 Å². The van der Waals surface area contributed by atoms with Gasteiger partial charge in [0.1, 0.15) is 0 Å². The van der Waals surface area contributed by atoms with Gasteiger partial charge < -0.3 is 9.72 Å². The van der Waals surface area contributed by atoms with Crippen LogP contribution in [0.15, 0.2) is 24.4 Å². The molecule has 0 aliphatic rings. The third-order valence-electron chi connectivity index (χ3n) is 2.72. The fourth-order valence-corrected chi connectivity index (χ4v) is 1.92. The predicted octanol–water partition coefficient (Wildman–Crippen LogP) is 3.11. The van der Waals surface area contributed by atoms with Crippen molar-refractivity contribution in [2.45, 2.75) is 19.8 Å². The third-order valence-corrected chi connectivity index (χ3v) is 2.72. The van der Waals surface area contributed by atoms with E-state index in [4.69, 9.17) is 4.74 Å². The molecule has 1 N–H and O–H groups in total. The van der Waals surface area contributed by atoms with Crippen LogP contribution in [-0.4, -0.2) is 17.6 Å². The van der Waals surface area contributed by atoms with Crippen LogP contribution >= 0.6 is 0 Å². The average molecular weight is 230 g/mol. The molecule has 0 saturated heterocycles. The van der Waals surface area contributed by atoms with Crippen molar-refractivity contribution in [3.8, 4) is 0 Å². The fourth-order valence-electron chi connectivity index (χ4n) is 1.92. The second-order valence-corrected chi connectivity index (χ2v) is 3.90. The number of esters is 1. The summed E-state index contributed by atoms with van der Waals surface area (Å²) >= 11 is 0. The van der Waals surface area contributed by atoms with Gasteiger partial charge in [0.15, 0.2) is 0 Å². The summed E-state index contributed by atoms with van der Waals surface area (Å²) in [6.45, 7) is 6.05. The molecule has 3 heteroatoms. The molecule has 0 saturated carbocycles. The zero-order valence-electron chi connectivity index (χ0n) is 9.95. The molecule has 0 amide bonds. The molecule has 0 unspecified atom stereocenters. The largest absolute Gasteiger partial charge is 0.462 e. The first-order valence-corrected chi connectivity index (χ1v) is 5.82. The van der Waals surface area contributed by atoms with Crippen molar-refractivity contribution >= 4 is 16.9 Å². The van der Waals surface area contributed by atoms with Gasteiger partial charge in [-0.1, -0.05) is 6.92 Å². The Morgan fingerprint density at radius 3 is 3.00 bits per heavy atom. The third kappa shape index (κ3) is 2.33. The molecular weight excluding hydrogens is 214 g/mol. The Bertz CT molecular complexity index is 528. The first kappa shape index (κ1) is 11.7. The number of carbonyl (C=O) groups excluding carboxylic acids is 1. The molecular formula is C14H16NO2. The van der Waals surface area contributed by atoms with Crippen LogP contribution in [0.2, 0.25) is 0 Å². The van der Waals surface area contributed by atoms with Crippen LogP contribution in [0.4, 0.5) is 0 Å². The highest BCUT2D eigenvalue weighted by Crippen LogP contribution is 2.21. The van der Waals surface area contributed by atoms with E-state index >= 15 is 0 Å². The Morgan fingerprint density at radius 2 is 2.29 bits per heavy atom. The molecule has 0 fully saturated rings. The number of rotatable bonds is 4. The molecule has 3 nitrogen and oxygen atoms in total. The molecule has 1 heterocycles. The quantitative estimate of drug-likeness (QED) is 0.820. The van der Waals surface area contributed by atoms with Gasteiger partial charge in [-0.15, -0.1) is 0 Å². The van der Waals surface area contributed by atoms with E-state index in [0.717, 1.165) is 23.7 Å². The zero-order valence-corrected chi connectivity index (χ0v) is 9.95. The van der Waals surface area contributed by atoms with Crippen LogP contribution in [0.1, 0.15) is 29.3 Å². The number of carbonyl (C=O) groups is 1. The number of aromatic nitrogens is 1. The minimum absolute atomic E-state index is 0.267. The summed E-state index contributed by atoms with van der Waals surface area (Å²) in [6, 6.07) is 5.58. The van der Waals surface area contributed by atoms with Crippen molar-refractivity contribution in [1.29, 1.82) is 0 Å². The first-order chi connectivity index (χ1) is 8.26. The summed E-state index contributed by atoms with van der Waals surface area (Å²) < 4.78 is 4.99. The van der Waals surface area contributed by atoms with Crippen molar-refractivity contribution < 1.29 is 9.53 Å². The summed E-state index contributed by atoms with van der Waals surface area (Å²) in [5, 5.41) is 1.08. The zero-order chi connectivity index (χ0) is 12.3. The molecule has 0 aliphatic carbocycles. The van der Waals surface area contributed by atoms with Gasteiger partial charge in [0.25, 0.3) is 0 Å². The van der Waals surface area contributed by atoms with Crippen molar-refractivity contribution in [1.82, 2.24) is 4.98 Å². The number of H-pyrrole nitrogens is 1. The molecule has 17 heavy (non-hydrogen) atoms. The van der Waals surface area contributed by atoms with Crippen molar-refractivity contribution in [3.05, 3.63) is 42.4 Å². The highest BCUT2D eigenvalue weighted by atomic mass is 16.5. The number of nitrogens with one attached hydrogen (secondary N) is 1. The van der Waals surface area contributed by atoms with Crippen LogP contribution < -0.4 is 0 Å². The number of hydrogen-bond donors (Lipinski definition) is 1. The minimum Gasteiger partial charge on any atom is -0.462 e. The van der Waals surface area contributed by atoms with Crippen molar-refractivity contribution in [2.75, 3.05) is 6.61 Å².